The van der Waals surface area contributed by atoms with E-state index in [1.807, 2.05) is 12.3 Å². The van der Waals surface area contributed by atoms with Crippen molar-refractivity contribution in [3.8, 4) is 17.3 Å². The van der Waals surface area contributed by atoms with Crippen LogP contribution in [0.4, 0.5) is 0 Å². The SMILES string of the molecule is C=CCCCc1ccc(-c2ccc([C@H]3CC[C@](C#N)(CC(C)CC)CC3)cc2)nc1. The first kappa shape index (κ1) is 22.3. The van der Waals surface area contributed by atoms with E-state index in [-0.39, 0.29) is 5.41 Å². The van der Waals surface area contributed by atoms with Gasteiger partial charge in [-0.15, -0.1) is 6.58 Å². The Hall–Kier alpha value is -2.40. The summed E-state index contributed by atoms with van der Waals surface area (Å²) in [6, 6.07) is 16.0. The molecule has 0 N–H and O–H groups in total. The molecule has 1 aromatic carbocycles. The quantitative estimate of drug-likeness (QED) is 0.317. The third-order valence-electron chi connectivity index (χ3n) is 6.99. The number of pyridine rings is 1. The Morgan fingerprint density at radius 1 is 1.20 bits per heavy atom. The lowest BCUT2D eigenvalue weighted by molar-refractivity contribution is 0.198. The first-order valence-corrected chi connectivity index (χ1v) is 11.7. The Balaban J connectivity index is 1.60. The van der Waals surface area contributed by atoms with Crippen LogP contribution < -0.4 is 0 Å². The maximum Gasteiger partial charge on any atom is 0.0702 e. The Morgan fingerprint density at radius 3 is 2.50 bits per heavy atom. The molecule has 0 radical (unpaired) electrons. The monoisotopic (exact) mass is 400 g/mol. The molecule has 1 aliphatic rings. The van der Waals surface area contributed by atoms with E-state index in [0.29, 0.717) is 11.8 Å². The van der Waals surface area contributed by atoms with Gasteiger partial charge in [0, 0.05) is 11.8 Å². The molecular formula is C28H36N2. The topological polar surface area (TPSA) is 36.7 Å². The third-order valence-corrected chi connectivity index (χ3v) is 6.99. The molecule has 1 unspecified atom stereocenters. The molecule has 0 spiro atoms. The van der Waals surface area contributed by atoms with Gasteiger partial charge in [0.15, 0.2) is 0 Å². The highest BCUT2D eigenvalue weighted by molar-refractivity contribution is 5.59. The van der Waals surface area contributed by atoms with Crippen molar-refractivity contribution in [2.75, 3.05) is 0 Å². The number of allylic oxidation sites excluding steroid dienone is 1. The third kappa shape index (κ3) is 5.60. The fourth-order valence-electron chi connectivity index (χ4n) is 4.80. The van der Waals surface area contributed by atoms with Crippen molar-refractivity contribution in [2.24, 2.45) is 11.3 Å². The summed E-state index contributed by atoms with van der Waals surface area (Å²) in [5.74, 6) is 1.22. The lowest BCUT2D eigenvalue weighted by Gasteiger charge is -2.36. The summed E-state index contributed by atoms with van der Waals surface area (Å²) in [5.41, 5.74) is 4.82. The van der Waals surface area contributed by atoms with E-state index in [2.05, 4.69) is 67.9 Å². The Morgan fingerprint density at radius 2 is 1.93 bits per heavy atom. The summed E-state index contributed by atoms with van der Waals surface area (Å²) in [7, 11) is 0. The molecule has 158 valence electrons. The molecule has 2 aromatic rings. The highest BCUT2D eigenvalue weighted by atomic mass is 14.7. The maximum absolute atomic E-state index is 9.82. The van der Waals surface area contributed by atoms with Crippen LogP contribution in [-0.2, 0) is 6.42 Å². The molecule has 1 atom stereocenters. The number of hydrogen-bond donors (Lipinski definition) is 0. The van der Waals surface area contributed by atoms with Gasteiger partial charge in [0.2, 0.25) is 0 Å². The van der Waals surface area contributed by atoms with E-state index in [4.69, 9.17) is 0 Å². The normalized spacial score (nSPS) is 22.2. The molecular weight excluding hydrogens is 364 g/mol. The summed E-state index contributed by atoms with van der Waals surface area (Å²) in [4.78, 5) is 4.67. The average molecular weight is 401 g/mol. The van der Waals surface area contributed by atoms with Gasteiger partial charge in [-0.3, -0.25) is 4.98 Å². The molecule has 0 aliphatic heterocycles. The molecule has 1 fully saturated rings. The first-order chi connectivity index (χ1) is 14.6. The highest BCUT2D eigenvalue weighted by Crippen LogP contribution is 2.46. The molecule has 2 heteroatoms. The molecule has 2 nitrogen and oxygen atoms in total. The Labute approximate surface area is 183 Å². The fraction of sp³-hybridized carbons (Fsp3) is 0.500. The molecule has 0 bridgehead atoms. The van der Waals surface area contributed by atoms with E-state index in [9.17, 15) is 5.26 Å². The number of unbranched alkanes of at least 4 members (excludes halogenated alkanes) is 1. The molecule has 3 rings (SSSR count). The minimum absolute atomic E-state index is 0.0940. The van der Waals surface area contributed by atoms with Crippen LogP contribution in [0.3, 0.4) is 0 Å². The first-order valence-electron chi connectivity index (χ1n) is 11.7. The van der Waals surface area contributed by atoms with Gasteiger partial charge in [0.25, 0.3) is 0 Å². The van der Waals surface area contributed by atoms with E-state index in [1.54, 1.807) is 0 Å². The van der Waals surface area contributed by atoms with Crippen LogP contribution in [0.2, 0.25) is 0 Å². The predicted molar refractivity (Wildman–Crippen MR) is 126 cm³/mol. The number of benzene rings is 1. The van der Waals surface area contributed by atoms with Crippen LogP contribution in [-0.4, -0.2) is 4.98 Å². The number of rotatable bonds is 9. The second kappa shape index (κ2) is 10.6. The highest BCUT2D eigenvalue weighted by Gasteiger charge is 2.36. The lowest BCUT2D eigenvalue weighted by atomic mass is 9.66. The van der Waals surface area contributed by atoms with Crippen molar-refractivity contribution in [1.29, 1.82) is 5.26 Å². The Bertz CT molecular complexity index is 834. The summed E-state index contributed by atoms with van der Waals surface area (Å²) < 4.78 is 0. The summed E-state index contributed by atoms with van der Waals surface area (Å²) in [5, 5.41) is 9.82. The van der Waals surface area contributed by atoms with Crippen LogP contribution >= 0.6 is 0 Å². The van der Waals surface area contributed by atoms with E-state index in [0.717, 1.165) is 63.5 Å². The number of aryl methyl sites for hydroxylation is 1. The van der Waals surface area contributed by atoms with Crippen LogP contribution in [0, 0.1) is 22.7 Å². The number of hydrogen-bond acceptors (Lipinski definition) is 2. The molecule has 1 aliphatic carbocycles. The lowest BCUT2D eigenvalue weighted by Crippen LogP contribution is -2.27. The van der Waals surface area contributed by atoms with Gasteiger partial charge >= 0.3 is 0 Å². The zero-order valence-corrected chi connectivity index (χ0v) is 18.7. The van der Waals surface area contributed by atoms with Crippen molar-refractivity contribution in [2.45, 2.75) is 77.6 Å². The zero-order valence-electron chi connectivity index (χ0n) is 18.7. The molecule has 30 heavy (non-hydrogen) atoms. The second-order valence-electron chi connectivity index (χ2n) is 9.24. The molecule has 1 saturated carbocycles. The van der Waals surface area contributed by atoms with Gasteiger partial charge in [0.05, 0.1) is 17.2 Å². The van der Waals surface area contributed by atoms with E-state index in [1.165, 1.54) is 16.7 Å². The molecule has 1 heterocycles. The molecule has 1 aromatic heterocycles. The largest absolute Gasteiger partial charge is 0.256 e. The van der Waals surface area contributed by atoms with Gasteiger partial charge in [-0.25, -0.2) is 0 Å². The molecule has 0 amide bonds. The van der Waals surface area contributed by atoms with Crippen LogP contribution in [0.25, 0.3) is 11.3 Å². The maximum atomic E-state index is 9.82. The van der Waals surface area contributed by atoms with E-state index >= 15 is 0 Å². The van der Waals surface area contributed by atoms with Crippen LogP contribution in [0.5, 0.6) is 0 Å². The summed E-state index contributed by atoms with van der Waals surface area (Å²) >= 11 is 0. The van der Waals surface area contributed by atoms with Gasteiger partial charge in [-0.2, -0.15) is 5.26 Å². The van der Waals surface area contributed by atoms with Crippen molar-refractivity contribution >= 4 is 0 Å². The molecule has 0 saturated heterocycles. The van der Waals surface area contributed by atoms with Crippen molar-refractivity contribution in [3.05, 3.63) is 66.4 Å². The minimum atomic E-state index is -0.0940. The zero-order chi connectivity index (χ0) is 21.4. The van der Waals surface area contributed by atoms with Crippen LogP contribution in [0.1, 0.15) is 82.3 Å². The van der Waals surface area contributed by atoms with Gasteiger partial charge in [-0.1, -0.05) is 56.7 Å². The van der Waals surface area contributed by atoms with Crippen molar-refractivity contribution in [3.63, 3.8) is 0 Å². The van der Waals surface area contributed by atoms with E-state index < -0.39 is 0 Å². The van der Waals surface area contributed by atoms with Gasteiger partial charge in [0.1, 0.15) is 0 Å². The smallest absolute Gasteiger partial charge is 0.0702 e. The van der Waals surface area contributed by atoms with Crippen molar-refractivity contribution < 1.29 is 0 Å². The standard InChI is InChI=1S/C28H36N2/c1-4-6-7-8-23-9-14-27(30-20-23)26-12-10-24(11-13-26)25-15-17-28(21-29,18-16-25)19-22(3)5-2/h4,9-14,20,22,25H,1,5-8,15-19H2,2-3H3/t22?,25-,28+. The average Bonchev–Trinajstić information content (AvgIpc) is 2.80. The number of nitrogens with zero attached hydrogens (tertiary/aromatic N) is 2. The summed E-state index contributed by atoms with van der Waals surface area (Å²) in [6.45, 7) is 8.30. The van der Waals surface area contributed by atoms with Gasteiger partial charge in [-0.05, 0) is 80.4 Å². The Kier molecular flexibility index (Phi) is 7.86. The number of aromatic nitrogens is 1. The minimum Gasteiger partial charge on any atom is -0.256 e. The second-order valence-corrected chi connectivity index (χ2v) is 9.24. The van der Waals surface area contributed by atoms with Gasteiger partial charge < -0.3 is 0 Å². The van der Waals surface area contributed by atoms with Crippen LogP contribution in [0.15, 0.2) is 55.3 Å². The number of nitriles is 1. The fourth-order valence-corrected chi connectivity index (χ4v) is 4.80. The predicted octanol–water partition coefficient (Wildman–Crippen LogP) is 7.86. The summed E-state index contributed by atoms with van der Waals surface area (Å²) in [6.07, 6.45) is 13.8. The van der Waals surface area contributed by atoms with Crippen molar-refractivity contribution in [1.82, 2.24) is 4.98 Å².